The third kappa shape index (κ3) is 5.06. The van der Waals surface area contributed by atoms with Crippen molar-refractivity contribution in [3.05, 3.63) is 69.5 Å². The zero-order valence-electron chi connectivity index (χ0n) is 16.6. The fourth-order valence-corrected chi connectivity index (χ4v) is 3.87. The molecule has 0 spiro atoms. The lowest BCUT2D eigenvalue weighted by atomic mass is 10.1. The zero-order valence-corrected chi connectivity index (χ0v) is 18.1. The lowest BCUT2D eigenvalue weighted by Gasteiger charge is -2.34. The first-order valence-corrected chi connectivity index (χ1v) is 10.4. The Balaban J connectivity index is 1.33. The summed E-state index contributed by atoms with van der Waals surface area (Å²) in [5, 5.41) is 4.90. The molecule has 4 rings (SSSR count). The van der Waals surface area contributed by atoms with Gasteiger partial charge in [-0.15, -0.1) is 0 Å². The number of hydrogen-bond acceptors (Lipinski definition) is 5. The van der Waals surface area contributed by atoms with Crippen LogP contribution in [0.2, 0.25) is 10.0 Å². The van der Waals surface area contributed by atoms with Gasteiger partial charge < -0.3 is 9.42 Å². The average Bonchev–Trinajstić information content (AvgIpc) is 3.21. The first-order valence-electron chi connectivity index (χ1n) is 9.67. The van der Waals surface area contributed by atoms with Crippen molar-refractivity contribution in [2.75, 3.05) is 26.2 Å². The minimum atomic E-state index is -4.43. The molecule has 2 heterocycles. The highest BCUT2D eigenvalue weighted by Gasteiger charge is 2.31. The Bertz CT molecular complexity index is 1110. The molecular weight excluding hydrogens is 468 g/mol. The molecule has 11 heteroatoms. The summed E-state index contributed by atoms with van der Waals surface area (Å²) in [5.41, 5.74) is 0.0362. The largest absolute Gasteiger partial charge is 0.416 e. The van der Waals surface area contributed by atoms with E-state index in [0.717, 1.165) is 12.1 Å². The molecule has 1 aliphatic heterocycles. The molecule has 2 aromatic carbocycles. The van der Waals surface area contributed by atoms with Gasteiger partial charge in [-0.1, -0.05) is 28.4 Å². The van der Waals surface area contributed by atoms with E-state index >= 15 is 0 Å². The Kier molecular flexibility index (Phi) is 6.41. The lowest BCUT2D eigenvalue weighted by molar-refractivity contribution is -0.137. The van der Waals surface area contributed by atoms with Gasteiger partial charge in [-0.05, 0) is 42.5 Å². The fourth-order valence-electron chi connectivity index (χ4n) is 3.38. The van der Waals surface area contributed by atoms with Crippen LogP contribution >= 0.6 is 23.2 Å². The molecule has 1 fully saturated rings. The van der Waals surface area contributed by atoms with Crippen molar-refractivity contribution < 1.29 is 22.5 Å². The average molecular weight is 485 g/mol. The summed E-state index contributed by atoms with van der Waals surface area (Å²) in [6.45, 7) is 2.44. The molecule has 0 radical (unpaired) electrons. The zero-order chi connectivity index (χ0) is 22.9. The van der Waals surface area contributed by atoms with Gasteiger partial charge in [0.05, 0.1) is 22.7 Å². The second-order valence-electron chi connectivity index (χ2n) is 7.28. The quantitative estimate of drug-likeness (QED) is 0.520. The van der Waals surface area contributed by atoms with Gasteiger partial charge in [0.2, 0.25) is 0 Å². The Labute approximate surface area is 191 Å². The van der Waals surface area contributed by atoms with Crippen molar-refractivity contribution in [3.63, 3.8) is 0 Å². The molecule has 3 aromatic rings. The van der Waals surface area contributed by atoms with E-state index < -0.39 is 11.7 Å². The summed E-state index contributed by atoms with van der Waals surface area (Å²) in [6, 6.07) is 9.23. The third-order valence-electron chi connectivity index (χ3n) is 5.11. The number of carbonyl (C=O) groups is 1. The maximum absolute atomic E-state index is 12.7. The van der Waals surface area contributed by atoms with Gasteiger partial charge in [0.1, 0.15) is 0 Å². The number of amides is 1. The first-order chi connectivity index (χ1) is 15.2. The number of halogens is 5. The van der Waals surface area contributed by atoms with Gasteiger partial charge in [0, 0.05) is 36.8 Å². The van der Waals surface area contributed by atoms with Crippen LogP contribution in [0.5, 0.6) is 0 Å². The smallest absolute Gasteiger partial charge is 0.336 e. The van der Waals surface area contributed by atoms with Crippen molar-refractivity contribution in [2.24, 2.45) is 0 Å². The molecule has 0 bridgehead atoms. The van der Waals surface area contributed by atoms with Crippen molar-refractivity contribution in [3.8, 4) is 11.5 Å². The molecule has 0 atom stereocenters. The number of carbonyl (C=O) groups excluding carboxylic acids is 1. The van der Waals surface area contributed by atoms with E-state index in [1.54, 1.807) is 23.1 Å². The van der Waals surface area contributed by atoms with Crippen molar-refractivity contribution in [1.29, 1.82) is 0 Å². The molecule has 0 aliphatic carbocycles. The predicted octanol–water partition coefficient (Wildman–Crippen LogP) is 5.02. The molecule has 168 valence electrons. The highest BCUT2D eigenvalue weighted by molar-refractivity contribution is 6.36. The topological polar surface area (TPSA) is 62.5 Å². The molecule has 32 heavy (non-hydrogen) atoms. The standard InChI is InChI=1S/C21H17Cl2F3N4O2/c22-15-5-6-16(17(23)11-15)19-27-18(28-32-19)12-29-7-9-30(10-8-29)20(31)13-1-3-14(4-2-13)21(24,25)26/h1-6,11H,7-10,12H2. The van der Waals surface area contributed by atoms with Gasteiger partial charge in [0.15, 0.2) is 5.82 Å². The second-order valence-corrected chi connectivity index (χ2v) is 8.13. The van der Waals surface area contributed by atoms with E-state index in [0.29, 0.717) is 54.2 Å². The van der Waals surface area contributed by atoms with Gasteiger partial charge in [-0.25, -0.2) is 0 Å². The van der Waals surface area contributed by atoms with Crippen LogP contribution in [-0.4, -0.2) is 52.0 Å². The molecule has 1 amide bonds. The molecule has 1 aromatic heterocycles. The summed E-state index contributed by atoms with van der Waals surface area (Å²) < 4.78 is 43.4. The van der Waals surface area contributed by atoms with Crippen LogP contribution in [0.25, 0.3) is 11.5 Å². The number of hydrogen-bond donors (Lipinski definition) is 0. The monoisotopic (exact) mass is 484 g/mol. The van der Waals surface area contributed by atoms with Crippen LogP contribution in [0.1, 0.15) is 21.7 Å². The van der Waals surface area contributed by atoms with Crippen molar-refractivity contribution >= 4 is 29.1 Å². The molecule has 1 aliphatic rings. The van der Waals surface area contributed by atoms with E-state index in [2.05, 4.69) is 15.0 Å². The highest BCUT2D eigenvalue weighted by Crippen LogP contribution is 2.30. The maximum Gasteiger partial charge on any atom is 0.416 e. The predicted molar refractivity (Wildman–Crippen MR) is 112 cm³/mol. The molecule has 0 N–H and O–H groups in total. The van der Waals surface area contributed by atoms with Crippen molar-refractivity contribution in [2.45, 2.75) is 12.7 Å². The van der Waals surface area contributed by atoms with Crippen LogP contribution in [0.3, 0.4) is 0 Å². The summed E-state index contributed by atoms with van der Waals surface area (Å²) in [5.74, 6) is 0.476. The Morgan fingerprint density at radius 1 is 1.03 bits per heavy atom. The van der Waals surface area contributed by atoms with Crippen LogP contribution < -0.4 is 0 Å². The number of benzene rings is 2. The summed E-state index contributed by atoms with van der Waals surface area (Å²) >= 11 is 12.1. The first kappa shape index (κ1) is 22.6. The molecule has 0 saturated carbocycles. The minimum Gasteiger partial charge on any atom is -0.336 e. The van der Waals surface area contributed by atoms with E-state index in [9.17, 15) is 18.0 Å². The SMILES string of the molecule is O=C(c1ccc(C(F)(F)F)cc1)N1CCN(Cc2noc(-c3ccc(Cl)cc3Cl)n2)CC1. The van der Waals surface area contributed by atoms with Crippen molar-refractivity contribution in [1.82, 2.24) is 19.9 Å². The van der Waals surface area contributed by atoms with E-state index in [1.165, 1.54) is 12.1 Å². The Morgan fingerprint density at radius 3 is 2.34 bits per heavy atom. The van der Waals surface area contributed by atoms with Gasteiger partial charge in [-0.3, -0.25) is 9.69 Å². The Hall–Kier alpha value is -2.62. The maximum atomic E-state index is 12.7. The van der Waals surface area contributed by atoms with E-state index in [4.69, 9.17) is 27.7 Å². The van der Waals surface area contributed by atoms with Crippen LogP contribution in [0.4, 0.5) is 13.2 Å². The lowest BCUT2D eigenvalue weighted by Crippen LogP contribution is -2.48. The molecule has 6 nitrogen and oxygen atoms in total. The molecule has 1 saturated heterocycles. The number of piperazine rings is 1. The third-order valence-corrected chi connectivity index (χ3v) is 5.66. The number of rotatable bonds is 4. The molecular formula is C21H17Cl2F3N4O2. The fraction of sp³-hybridized carbons (Fsp3) is 0.286. The van der Waals surface area contributed by atoms with Crippen LogP contribution in [-0.2, 0) is 12.7 Å². The highest BCUT2D eigenvalue weighted by atomic mass is 35.5. The van der Waals surface area contributed by atoms with E-state index in [1.807, 2.05) is 0 Å². The van der Waals surface area contributed by atoms with Crippen LogP contribution in [0.15, 0.2) is 47.0 Å². The second kappa shape index (κ2) is 9.09. The van der Waals surface area contributed by atoms with Crippen LogP contribution in [0, 0.1) is 0 Å². The summed E-state index contributed by atoms with van der Waals surface area (Å²) in [6.07, 6.45) is -4.43. The van der Waals surface area contributed by atoms with E-state index in [-0.39, 0.29) is 17.4 Å². The summed E-state index contributed by atoms with van der Waals surface area (Å²) in [7, 11) is 0. The summed E-state index contributed by atoms with van der Waals surface area (Å²) in [4.78, 5) is 20.7. The van der Waals surface area contributed by atoms with Gasteiger partial charge in [0.25, 0.3) is 11.8 Å². The number of alkyl halides is 3. The number of nitrogens with zero attached hydrogens (tertiary/aromatic N) is 4. The Morgan fingerprint density at radius 2 is 1.72 bits per heavy atom. The number of aromatic nitrogens is 2. The normalized spacial score (nSPS) is 15.2. The van der Waals surface area contributed by atoms with Gasteiger partial charge >= 0.3 is 6.18 Å². The molecule has 0 unspecified atom stereocenters. The minimum absolute atomic E-state index is 0.231. The van der Waals surface area contributed by atoms with Gasteiger partial charge in [-0.2, -0.15) is 18.2 Å².